The lowest BCUT2D eigenvalue weighted by Crippen LogP contribution is -2.20. The summed E-state index contributed by atoms with van der Waals surface area (Å²) in [7, 11) is -0.192. The highest BCUT2D eigenvalue weighted by atomic mass is 28.2. The molecule has 2 aromatic rings. The Kier molecular flexibility index (Phi) is 1.83. The SMILES string of the molecule is Cc1ccc2c(c1)-c1cc(C)ccc1[SiH2]2. The van der Waals surface area contributed by atoms with E-state index in [0.717, 1.165) is 0 Å². The summed E-state index contributed by atoms with van der Waals surface area (Å²) in [5.74, 6) is 0. The monoisotopic (exact) mass is 210 g/mol. The molecule has 0 radical (unpaired) electrons. The predicted molar refractivity (Wildman–Crippen MR) is 69.2 cm³/mol. The molecule has 0 fully saturated rings. The minimum absolute atomic E-state index is 0.192. The van der Waals surface area contributed by atoms with E-state index in [4.69, 9.17) is 0 Å². The third-order valence-corrected chi connectivity index (χ3v) is 5.20. The largest absolute Gasteiger partial charge is 0.0891 e. The second kappa shape index (κ2) is 3.07. The Balaban J connectivity index is 2.28. The summed E-state index contributed by atoms with van der Waals surface area (Å²) in [5, 5.41) is 3.22. The normalized spacial score (nSPS) is 12.4. The molecule has 1 heteroatoms. The Hall–Kier alpha value is -1.34. The van der Waals surface area contributed by atoms with Crippen LogP contribution in [0, 0.1) is 13.8 Å². The zero-order valence-electron chi connectivity index (χ0n) is 9.17. The number of aryl methyl sites for hydroxylation is 2. The van der Waals surface area contributed by atoms with E-state index >= 15 is 0 Å². The third kappa shape index (κ3) is 1.35. The fourth-order valence-corrected chi connectivity index (χ4v) is 4.24. The van der Waals surface area contributed by atoms with Gasteiger partial charge >= 0.3 is 0 Å². The average Bonchev–Trinajstić information content (AvgIpc) is 2.56. The Morgan fingerprint density at radius 3 is 1.67 bits per heavy atom. The van der Waals surface area contributed by atoms with E-state index in [-0.39, 0.29) is 9.52 Å². The quantitative estimate of drug-likeness (QED) is 0.492. The van der Waals surface area contributed by atoms with Crippen molar-refractivity contribution in [3.63, 3.8) is 0 Å². The Bertz CT molecular complexity index is 492. The van der Waals surface area contributed by atoms with Gasteiger partial charge in [-0.25, -0.2) is 0 Å². The molecule has 1 heterocycles. The van der Waals surface area contributed by atoms with E-state index in [2.05, 4.69) is 50.2 Å². The van der Waals surface area contributed by atoms with Crippen LogP contribution in [0.25, 0.3) is 11.1 Å². The molecule has 15 heavy (non-hydrogen) atoms. The summed E-state index contributed by atoms with van der Waals surface area (Å²) in [6.07, 6.45) is 0. The molecule has 2 aromatic carbocycles. The van der Waals surface area contributed by atoms with Crippen LogP contribution >= 0.6 is 0 Å². The Labute approximate surface area is 92.8 Å². The second-order valence-corrected chi connectivity index (χ2v) is 6.38. The molecule has 0 unspecified atom stereocenters. The first-order chi connectivity index (χ1) is 7.24. The zero-order chi connectivity index (χ0) is 10.4. The van der Waals surface area contributed by atoms with E-state index in [1.165, 1.54) is 22.3 Å². The van der Waals surface area contributed by atoms with Crippen LogP contribution in [0.2, 0.25) is 0 Å². The van der Waals surface area contributed by atoms with Crippen molar-refractivity contribution >= 4 is 19.9 Å². The molecule has 0 atom stereocenters. The van der Waals surface area contributed by atoms with E-state index in [1.54, 1.807) is 10.4 Å². The van der Waals surface area contributed by atoms with Gasteiger partial charge in [0.1, 0.15) is 0 Å². The van der Waals surface area contributed by atoms with Crippen molar-refractivity contribution in [3.8, 4) is 11.1 Å². The van der Waals surface area contributed by atoms with Gasteiger partial charge in [0.2, 0.25) is 0 Å². The van der Waals surface area contributed by atoms with Gasteiger partial charge in [-0.05, 0) is 25.0 Å². The second-order valence-electron chi connectivity index (χ2n) is 4.50. The molecule has 74 valence electrons. The molecule has 0 saturated heterocycles. The first-order valence-corrected chi connectivity index (χ1v) is 6.85. The minimum Gasteiger partial charge on any atom is -0.0624 e. The lowest BCUT2D eigenvalue weighted by Gasteiger charge is -2.03. The summed E-state index contributed by atoms with van der Waals surface area (Å²) >= 11 is 0. The smallest absolute Gasteiger partial charge is 0.0624 e. The van der Waals surface area contributed by atoms with Crippen molar-refractivity contribution in [2.75, 3.05) is 0 Å². The van der Waals surface area contributed by atoms with Gasteiger partial charge in [-0.3, -0.25) is 0 Å². The Morgan fingerprint density at radius 2 is 1.20 bits per heavy atom. The molecular formula is C14H14Si. The lowest BCUT2D eigenvalue weighted by atomic mass is 10.0. The molecule has 1 aliphatic heterocycles. The molecule has 0 spiro atoms. The Morgan fingerprint density at radius 1 is 0.733 bits per heavy atom. The minimum atomic E-state index is -0.192. The standard InChI is InChI=1S/C14H14Si/c1-9-3-5-13-11(7-9)12-8-10(2)4-6-14(12)15-13/h3-8H,15H2,1-2H3. The van der Waals surface area contributed by atoms with Gasteiger partial charge in [0, 0.05) is 0 Å². The van der Waals surface area contributed by atoms with Gasteiger partial charge in [-0.2, -0.15) is 0 Å². The maximum absolute atomic E-state index is 2.34. The first kappa shape index (κ1) is 8.92. The fourth-order valence-electron chi connectivity index (χ4n) is 2.40. The highest BCUT2D eigenvalue weighted by Gasteiger charge is 2.18. The molecule has 0 nitrogen and oxygen atoms in total. The summed E-state index contributed by atoms with van der Waals surface area (Å²) in [5.41, 5.74) is 5.75. The van der Waals surface area contributed by atoms with Crippen molar-refractivity contribution in [3.05, 3.63) is 47.5 Å². The number of hydrogen-bond donors (Lipinski definition) is 0. The number of fused-ring (bicyclic) bond motifs is 3. The average molecular weight is 210 g/mol. The van der Waals surface area contributed by atoms with E-state index in [1.807, 2.05) is 0 Å². The van der Waals surface area contributed by atoms with Crippen LogP contribution in [0.15, 0.2) is 36.4 Å². The molecule has 0 aromatic heterocycles. The molecule has 0 amide bonds. The van der Waals surface area contributed by atoms with Gasteiger partial charge in [0.25, 0.3) is 0 Å². The molecule has 0 bridgehead atoms. The van der Waals surface area contributed by atoms with Crippen molar-refractivity contribution < 1.29 is 0 Å². The topological polar surface area (TPSA) is 0 Å². The summed E-state index contributed by atoms with van der Waals surface area (Å²) in [4.78, 5) is 0. The van der Waals surface area contributed by atoms with Crippen molar-refractivity contribution in [1.82, 2.24) is 0 Å². The van der Waals surface area contributed by atoms with Gasteiger partial charge in [-0.1, -0.05) is 57.9 Å². The summed E-state index contributed by atoms with van der Waals surface area (Å²) in [6, 6.07) is 13.8. The van der Waals surface area contributed by atoms with Crippen molar-refractivity contribution in [2.45, 2.75) is 13.8 Å². The van der Waals surface area contributed by atoms with Crippen molar-refractivity contribution in [2.24, 2.45) is 0 Å². The van der Waals surface area contributed by atoms with Crippen LogP contribution in [-0.4, -0.2) is 9.52 Å². The van der Waals surface area contributed by atoms with Crippen LogP contribution < -0.4 is 10.4 Å². The summed E-state index contributed by atoms with van der Waals surface area (Å²) in [6.45, 7) is 4.35. The number of rotatable bonds is 0. The fraction of sp³-hybridized carbons (Fsp3) is 0.143. The van der Waals surface area contributed by atoms with Crippen LogP contribution in [0.5, 0.6) is 0 Å². The molecule has 3 rings (SSSR count). The van der Waals surface area contributed by atoms with Gasteiger partial charge < -0.3 is 0 Å². The van der Waals surface area contributed by atoms with Gasteiger partial charge in [0.05, 0.1) is 9.52 Å². The van der Waals surface area contributed by atoms with Crippen LogP contribution in [0.3, 0.4) is 0 Å². The van der Waals surface area contributed by atoms with Crippen LogP contribution in [0.4, 0.5) is 0 Å². The zero-order valence-corrected chi connectivity index (χ0v) is 10.6. The lowest BCUT2D eigenvalue weighted by molar-refractivity contribution is 1.47. The van der Waals surface area contributed by atoms with E-state index in [0.29, 0.717) is 0 Å². The maximum atomic E-state index is 2.34. The van der Waals surface area contributed by atoms with Crippen LogP contribution in [-0.2, 0) is 0 Å². The van der Waals surface area contributed by atoms with E-state index < -0.39 is 0 Å². The molecule has 0 N–H and O–H groups in total. The molecular weight excluding hydrogens is 196 g/mol. The van der Waals surface area contributed by atoms with Gasteiger partial charge in [0.15, 0.2) is 0 Å². The third-order valence-electron chi connectivity index (χ3n) is 3.20. The summed E-state index contributed by atoms with van der Waals surface area (Å²) < 4.78 is 0. The highest BCUT2D eigenvalue weighted by molar-refractivity contribution is 6.73. The number of hydrogen-bond acceptors (Lipinski definition) is 0. The molecule has 0 aliphatic carbocycles. The highest BCUT2D eigenvalue weighted by Crippen LogP contribution is 2.21. The number of benzene rings is 2. The maximum Gasteiger partial charge on any atom is 0.0891 e. The predicted octanol–water partition coefficient (Wildman–Crippen LogP) is 1.40. The van der Waals surface area contributed by atoms with Gasteiger partial charge in [-0.15, -0.1) is 0 Å². The van der Waals surface area contributed by atoms with E-state index in [9.17, 15) is 0 Å². The first-order valence-electron chi connectivity index (χ1n) is 5.43. The molecule has 1 aliphatic rings. The van der Waals surface area contributed by atoms with Crippen molar-refractivity contribution in [1.29, 1.82) is 0 Å². The molecule has 0 saturated carbocycles. The van der Waals surface area contributed by atoms with Crippen LogP contribution in [0.1, 0.15) is 11.1 Å².